The van der Waals surface area contributed by atoms with E-state index >= 15 is 0 Å². The smallest absolute Gasteiger partial charge is 0.407 e. The highest BCUT2D eigenvalue weighted by Crippen LogP contribution is 2.45. The Morgan fingerprint density at radius 1 is 1.19 bits per heavy atom. The summed E-state index contributed by atoms with van der Waals surface area (Å²) in [5.74, 6) is 1.11. The van der Waals surface area contributed by atoms with Crippen LogP contribution in [0.15, 0.2) is 24.8 Å². The molecule has 5 rings (SSSR count). The maximum absolute atomic E-state index is 12.1. The second-order valence-electron chi connectivity index (χ2n) is 10.3. The minimum absolute atomic E-state index is 0.0141. The topological polar surface area (TPSA) is 95.6 Å². The van der Waals surface area contributed by atoms with Gasteiger partial charge in [0, 0.05) is 43.3 Å². The van der Waals surface area contributed by atoms with E-state index in [9.17, 15) is 4.79 Å². The molecule has 0 saturated heterocycles. The first-order chi connectivity index (χ1) is 15.1. The van der Waals surface area contributed by atoms with Gasteiger partial charge in [0.15, 0.2) is 0 Å². The predicted octanol–water partition coefficient (Wildman–Crippen LogP) is 3.83. The summed E-state index contributed by atoms with van der Waals surface area (Å²) >= 11 is 0. The standard InChI is InChI=1S/C23H30N6O3/c1-22(2,3)32-21(30)26-16-8-23(4,9-16)31-20-19-17(14-6-7-14)11-25-29(19)13-18(27-20)15-10-24-28(5)12-15/h10-14,16H,6-9H2,1-5H3,(H,26,30). The summed E-state index contributed by atoms with van der Waals surface area (Å²) in [6, 6.07) is 0.0141. The molecule has 2 aliphatic carbocycles. The second kappa shape index (κ2) is 7.21. The summed E-state index contributed by atoms with van der Waals surface area (Å²) in [6.45, 7) is 7.63. The fourth-order valence-corrected chi connectivity index (χ4v) is 4.33. The van der Waals surface area contributed by atoms with Crippen molar-refractivity contribution in [1.82, 2.24) is 29.7 Å². The van der Waals surface area contributed by atoms with E-state index < -0.39 is 17.3 Å². The van der Waals surface area contributed by atoms with Crippen LogP contribution in [0.3, 0.4) is 0 Å². The molecule has 3 aromatic rings. The van der Waals surface area contributed by atoms with Crippen LogP contribution in [0.2, 0.25) is 0 Å². The number of carbonyl (C=O) groups is 1. The number of fused-ring (bicyclic) bond motifs is 1. The summed E-state index contributed by atoms with van der Waals surface area (Å²) in [5, 5.41) is 11.8. The first-order valence-corrected chi connectivity index (χ1v) is 11.1. The van der Waals surface area contributed by atoms with Gasteiger partial charge in [-0.25, -0.2) is 14.3 Å². The van der Waals surface area contributed by atoms with Gasteiger partial charge >= 0.3 is 6.09 Å². The highest BCUT2D eigenvalue weighted by Gasteiger charge is 2.45. The summed E-state index contributed by atoms with van der Waals surface area (Å²) in [7, 11) is 1.88. The molecule has 32 heavy (non-hydrogen) atoms. The summed E-state index contributed by atoms with van der Waals surface area (Å²) in [4.78, 5) is 17.0. The molecule has 1 N–H and O–H groups in total. The van der Waals surface area contributed by atoms with Gasteiger partial charge < -0.3 is 14.8 Å². The molecule has 9 nitrogen and oxygen atoms in total. The molecule has 0 aromatic carbocycles. The molecule has 0 radical (unpaired) electrons. The molecule has 0 bridgehead atoms. The van der Waals surface area contributed by atoms with Gasteiger partial charge in [-0.15, -0.1) is 0 Å². The van der Waals surface area contributed by atoms with Crippen molar-refractivity contribution in [3.63, 3.8) is 0 Å². The van der Waals surface area contributed by atoms with Crippen LogP contribution in [0.5, 0.6) is 5.88 Å². The van der Waals surface area contributed by atoms with Crippen molar-refractivity contribution < 1.29 is 14.3 Å². The van der Waals surface area contributed by atoms with E-state index in [0.717, 1.165) is 16.8 Å². The Kier molecular flexibility index (Phi) is 4.69. The van der Waals surface area contributed by atoms with Crippen LogP contribution in [-0.4, -0.2) is 47.7 Å². The molecule has 3 heterocycles. The maximum Gasteiger partial charge on any atom is 0.407 e. The minimum atomic E-state index is -0.517. The van der Waals surface area contributed by atoms with Gasteiger partial charge in [-0.1, -0.05) is 0 Å². The van der Waals surface area contributed by atoms with E-state index in [4.69, 9.17) is 14.5 Å². The van der Waals surface area contributed by atoms with E-state index in [1.807, 2.05) is 50.9 Å². The van der Waals surface area contributed by atoms with Crippen molar-refractivity contribution in [2.75, 3.05) is 0 Å². The molecule has 170 valence electrons. The van der Waals surface area contributed by atoms with Gasteiger partial charge in [0.1, 0.15) is 16.7 Å². The van der Waals surface area contributed by atoms with Crippen molar-refractivity contribution in [2.24, 2.45) is 7.05 Å². The lowest BCUT2D eigenvalue weighted by molar-refractivity contribution is -0.0217. The Balaban J connectivity index is 1.38. The summed E-state index contributed by atoms with van der Waals surface area (Å²) < 4.78 is 15.5. The monoisotopic (exact) mass is 438 g/mol. The van der Waals surface area contributed by atoms with E-state index in [1.165, 1.54) is 18.4 Å². The van der Waals surface area contributed by atoms with Crippen molar-refractivity contribution in [3.8, 4) is 17.1 Å². The number of hydrogen-bond acceptors (Lipinski definition) is 6. The number of nitrogens with zero attached hydrogens (tertiary/aromatic N) is 5. The fourth-order valence-electron chi connectivity index (χ4n) is 4.33. The van der Waals surface area contributed by atoms with Gasteiger partial charge in [0.25, 0.3) is 0 Å². The van der Waals surface area contributed by atoms with Crippen molar-refractivity contribution in [3.05, 3.63) is 30.4 Å². The Labute approximate surface area is 187 Å². The molecular weight excluding hydrogens is 408 g/mol. The Morgan fingerprint density at radius 3 is 2.56 bits per heavy atom. The molecular formula is C23H30N6O3. The van der Waals surface area contributed by atoms with Gasteiger partial charge in [-0.05, 0) is 46.5 Å². The van der Waals surface area contributed by atoms with Gasteiger partial charge in [-0.2, -0.15) is 10.2 Å². The SMILES string of the molecule is Cn1cc(-c2cn3ncc(C4CC4)c3c(OC3(C)CC(NC(=O)OC(C)(C)C)C3)n2)cn1. The normalized spacial score (nSPS) is 23.1. The summed E-state index contributed by atoms with van der Waals surface area (Å²) in [6.07, 6.45) is 10.9. The average molecular weight is 439 g/mol. The fraction of sp³-hybridized carbons (Fsp3) is 0.565. The third-order valence-corrected chi connectivity index (χ3v) is 5.93. The number of aromatic nitrogens is 5. The molecule has 9 heteroatoms. The number of ether oxygens (including phenoxy) is 2. The first kappa shape index (κ1) is 20.8. The van der Waals surface area contributed by atoms with E-state index in [2.05, 4.69) is 22.4 Å². The lowest BCUT2D eigenvalue weighted by Gasteiger charge is -2.44. The van der Waals surface area contributed by atoms with Crippen molar-refractivity contribution >= 4 is 11.6 Å². The van der Waals surface area contributed by atoms with Crippen LogP contribution < -0.4 is 10.1 Å². The highest BCUT2D eigenvalue weighted by atomic mass is 16.6. The number of hydrogen-bond donors (Lipinski definition) is 1. The van der Waals surface area contributed by atoms with Crippen LogP contribution in [-0.2, 0) is 11.8 Å². The Bertz CT molecular complexity index is 1160. The zero-order chi connectivity index (χ0) is 22.7. The van der Waals surface area contributed by atoms with Gasteiger partial charge in [0.05, 0.1) is 24.3 Å². The van der Waals surface area contributed by atoms with Crippen LogP contribution in [0.4, 0.5) is 4.79 Å². The summed E-state index contributed by atoms with van der Waals surface area (Å²) in [5.41, 5.74) is 2.85. The van der Waals surface area contributed by atoms with Crippen LogP contribution >= 0.6 is 0 Å². The number of nitrogens with one attached hydrogen (secondary N) is 1. The number of amides is 1. The molecule has 2 fully saturated rings. The largest absolute Gasteiger partial charge is 0.470 e. The number of aryl methyl sites for hydroxylation is 1. The lowest BCUT2D eigenvalue weighted by atomic mass is 9.77. The predicted molar refractivity (Wildman–Crippen MR) is 119 cm³/mol. The zero-order valence-electron chi connectivity index (χ0n) is 19.3. The highest BCUT2D eigenvalue weighted by molar-refractivity contribution is 5.69. The number of carbonyl (C=O) groups excluding carboxylic acids is 1. The quantitative estimate of drug-likeness (QED) is 0.650. The Morgan fingerprint density at radius 2 is 1.94 bits per heavy atom. The molecule has 0 unspecified atom stereocenters. The van der Waals surface area contributed by atoms with Crippen molar-refractivity contribution in [1.29, 1.82) is 0 Å². The van der Waals surface area contributed by atoms with E-state index in [1.54, 1.807) is 10.9 Å². The molecule has 1 amide bonds. The van der Waals surface area contributed by atoms with Crippen LogP contribution in [0.25, 0.3) is 16.8 Å². The molecule has 2 aliphatic rings. The number of rotatable bonds is 5. The molecule has 0 spiro atoms. The van der Waals surface area contributed by atoms with Crippen molar-refractivity contribution in [2.45, 2.75) is 76.5 Å². The van der Waals surface area contributed by atoms with E-state index in [0.29, 0.717) is 24.6 Å². The molecule has 2 saturated carbocycles. The third-order valence-electron chi connectivity index (χ3n) is 5.93. The van der Waals surface area contributed by atoms with Crippen LogP contribution in [0, 0.1) is 0 Å². The molecule has 0 aliphatic heterocycles. The average Bonchev–Trinajstić information content (AvgIpc) is 3.25. The third kappa shape index (κ3) is 4.16. The Hall–Kier alpha value is -3.10. The van der Waals surface area contributed by atoms with Gasteiger partial charge in [0.2, 0.25) is 5.88 Å². The van der Waals surface area contributed by atoms with Crippen LogP contribution in [0.1, 0.15) is 64.9 Å². The second-order valence-corrected chi connectivity index (χ2v) is 10.3. The molecule has 0 atom stereocenters. The lowest BCUT2D eigenvalue weighted by Crippen LogP contribution is -2.57. The number of alkyl carbamates (subject to hydrolysis) is 1. The maximum atomic E-state index is 12.1. The zero-order valence-corrected chi connectivity index (χ0v) is 19.3. The molecule has 3 aromatic heterocycles. The van der Waals surface area contributed by atoms with Gasteiger partial charge in [-0.3, -0.25) is 4.68 Å². The minimum Gasteiger partial charge on any atom is -0.470 e. The first-order valence-electron chi connectivity index (χ1n) is 11.1. The van der Waals surface area contributed by atoms with E-state index in [-0.39, 0.29) is 6.04 Å².